The van der Waals surface area contributed by atoms with E-state index < -0.39 is 0 Å². The van der Waals surface area contributed by atoms with Crippen LogP contribution in [0.4, 0.5) is 0 Å². The van der Waals surface area contributed by atoms with E-state index in [1.807, 2.05) is 12.1 Å². The van der Waals surface area contributed by atoms with Crippen molar-refractivity contribution in [3.8, 4) is 5.75 Å². The molecule has 26 heavy (non-hydrogen) atoms. The molecule has 1 aromatic carbocycles. The van der Waals surface area contributed by atoms with Crippen LogP contribution in [0.3, 0.4) is 0 Å². The summed E-state index contributed by atoms with van der Waals surface area (Å²) in [5.41, 5.74) is 1.46. The molecule has 2 rings (SSSR count). The summed E-state index contributed by atoms with van der Waals surface area (Å²) in [7, 11) is 0. The highest BCUT2D eigenvalue weighted by atomic mass is 16.5. The number of hydrogen-bond acceptors (Lipinski definition) is 3. The van der Waals surface area contributed by atoms with Crippen molar-refractivity contribution in [2.24, 2.45) is 0 Å². The van der Waals surface area contributed by atoms with Crippen LogP contribution in [0.2, 0.25) is 0 Å². The largest absolute Gasteiger partial charge is 0.491 e. The van der Waals surface area contributed by atoms with Gasteiger partial charge in [0.25, 0.3) is 0 Å². The number of ether oxygens (including phenoxy) is 2. The fourth-order valence-corrected chi connectivity index (χ4v) is 3.40. The van der Waals surface area contributed by atoms with E-state index in [1.165, 1.54) is 30.1 Å². The number of hydrogen-bond donors (Lipinski definition) is 3. The Bertz CT molecular complexity index is 505. The van der Waals surface area contributed by atoms with Gasteiger partial charge in [-0.1, -0.05) is 32.9 Å². The Morgan fingerprint density at radius 1 is 1.00 bits per heavy atom. The number of piperazine rings is 1. The van der Waals surface area contributed by atoms with Crippen molar-refractivity contribution in [1.29, 1.82) is 0 Å². The van der Waals surface area contributed by atoms with Gasteiger partial charge >= 0.3 is 0 Å². The van der Waals surface area contributed by atoms with E-state index in [9.17, 15) is 5.11 Å². The second-order valence-corrected chi connectivity index (χ2v) is 8.41. The number of quaternary nitrogens is 2. The highest BCUT2D eigenvalue weighted by Gasteiger charge is 2.23. The molecule has 0 aromatic heterocycles. The Morgan fingerprint density at radius 2 is 1.62 bits per heavy atom. The Morgan fingerprint density at radius 3 is 2.19 bits per heavy atom. The summed E-state index contributed by atoms with van der Waals surface area (Å²) in [5.74, 6) is 0.864. The molecule has 1 atom stereocenters. The molecule has 0 amide bonds. The molecule has 0 spiro atoms. The molecule has 0 bridgehead atoms. The minimum atomic E-state index is -0.390. The van der Waals surface area contributed by atoms with Gasteiger partial charge in [-0.25, -0.2) is 0 Å². The van der Waals surface area contributed by atoms with Crippen LogP contribution in [0.1, 0.15) is 33.3 Å². The predicted octanol–water partition coefficient (Wildman–Crippen LogP) is -0.456. The van der Waals surface area contributed by atoms with Crippen molar-refractivity contribution < 1.29 is 24.4 Å². The summed E-state index contributed by atoms with van der Waals surface area (Å²) in [4.78, 5) is 3.17. The Labute approximate surface area is 158 Å². The first-order valence-corrected chi connectivity index (χ1v) is 10.0. The molecule has 1 fully saturated rings. The molecule has 1 aliphatic heterocycles. The van der Waals surface area contributed by atoms with Crippen LogP contribution in [0.15, 0.2) is 24.3 Å². The molecule has 148 valence electrons. The minimum absolute atomic E-state index is 0.157. The average molecular weight is 367 g/mol. The first-order chi connectivity index (χ1) is 12.4. The maximum absolute atomic E-state index is 10.2. The van der Waals surface area contributed by atoms with Crippen LogP contribution in [0, 0.1) is 0 Å². The lowest BCUT2D eigenvalue weighted by Crippen LogP contribution is -3.28. The maximum atomic E-state index is 10.2. The van der Waals surface area contributed by atoms with Gasteiger partial charge in [-0.05, 0) is 30.0 Å². The zero-order chi connectivity index (χ0) is 19.0. The first-order valence-electron chi connectivity index (χ1n) is 10.0. The van der Waals surface area contributed by atoms with Crippen LogP contribution < -0.4 is 14.5 Å². The van der Waals surface area contributed by atoms with Gasteiger partial charge in [0.15, 0.2) is 0 Å². The van der Waals surface area contributed by atoms with Gasteiger partial charge in [0, 0.05) is 0 Å². The van der Waals surface area contributed by atoms with E-state index in [-0.39, 0.29) is 11.5 Å². The molecule has 0 unspecified atom stereocenters. The molecule has 1 saturated heterocycles. The fraction of sp³-hybridized carbons (Fsp3) is 0.714. The smallest absolute Gasteiger partial charge is 0.127 e. The standard InChI is InChI=1S/C21H36N2O3/c1-5-22-10-12-23(13-11-22)16-19(24)17-25-14-15-26-20-8-6-18(7-9-20)21(2,3)4/h6-9,19,24H,5,10-17H2,1-4H3/p+2/t19-/m0/s1. The molecule has 1 aromatic rings. The van der Waals surface area contributed by atoms with Crippen molar-refractivity contribution in [2.45, 2.75) is 39.2 Å². The predicted molar refractivity (Wildman–Crippen MR) is 104 cm³/mol. The summed E-state index contributed by atoms with van der Waals surface area (Å²) in [6.45, 7) is 16.9. The van der Waals surface area contributed by atoms with Crippen LogP contribution in [0.5, 0.6) is 5.75 Å². The maximum Gasteiger partial charge on any atom is 0.127 e. The molecule has 0 aliphatic carbocycles. The first kappa shape index (κ1) is 21.2. The molecule has 5 nitrogen and oxygen atoms in total. The lowest BCUT2D eigenvalue weighted by atomic mass is 9.87. The molecule has 0 radical (unpaired) electrons. The average Bonchev–Trinajstić information content (AvgIpc) is 2.62. The second-order valence-electron chi connectivity index (χ2n) is 8.41. The molecule has 3 N–H and O–H groups in total. The molecule has 5 heteroatoms. The molecular weight excluding hydrogens is 328 g/mol. The Kier molecular flexibility index (Phi) is 8.35. The summed E-state index contributed by atoms with van der Waals surface area (Å²) in [6, 6.07) is 8.25. The summed E-state index contributed by atoms with van der Waals surface area (Å²) in [6.07, 6.45) is -0.390. The minimum Gasteiger partial charge on any atom is -0.491 e. The SMILES string of the molecule is CC[NH+]1CC[NH+](C[C@H](O)COCCOc2ccc(C(C)(C)C)cc2)CC1. The van der Waals surface area contributed by atoms with E-state index in [4.69, 9.17) is 9.47 Å². The fourth-order valence-electron chi connectivity index (χ4n) is 3.40. The number of aliphatic hydroxyl groups is 1. The Hall–Kier alpha value is -1.14. The third-order valence-electron chi connectivity index (χ3n) is 5.22. The van der Waals surface area contributed by atoms with Crippen LogP contribution in [-0.2, 0) is 10.2 Å². The topological polar surface area (TPSA) is 47.6 Å². The van der Waals surface area contributed by atoms with Gasteiger partial charge in [-0.15, -0.1) is 0 Å². The van der Waals surface area contributed by atoms with Gasteiger partial charge in [0.1, 0.15) is 51.2 Å². The van der Waals surface area contributed by atoms with Crippen LogP contribution >= 0.6 is 0 Å². The Balaban J connectivity index is 1.56. The van der Waals surface area contributed by atoms with Crippen LogP contribution in [0.25, 0.3) is 0 Å². The van der Waals surface area contributed by atoms with E-state index in [1.54, 1.807) is 4.90 Å². The van der Waals surface area contributed by atoms with Gasteiger partial charge in [0.2, 0.25) is 0 Å². The van der Waals surface area contributed by atoms with Crippen molar-refractivity contribution in [3.05, 3.63) is 29.8 Å². The third kappa shape index (κ3) is 7.23. The summed E-state index contributed by atoms with van der Waals surface area (Å²) in [5, 5.41) is 10.2. The molecular formula is C21H38N2O3+2. The molecule has 1 aliphatic rings. The van der Waals surface area contributed by atoms with Gasteiger partial charge in [-0.2, -0.15) is 0 Å². The quantitative estimate of drug-likeness (QED) is 0.519. The lowest BCUT2D eigenvalue weighted by molar-refractivity contribution is -1.01. The van der Waals surface area contributed by atoms with Gasteiger partial charge in [-0.3, -0.25) is 0 Å². The van der Waals surface area contributed by atoms with Crippen molar-refractivity contribution in [1.82, 2.24) is 0 Å². The van der Waals surface area contributed by atoms with E-state index in [0.29, 0.717) is 19.8 Å². The number of nitrogens with one attached hydrogen (secondary N) is 2. The zero-order valence-corrected chi connectivity index (χ0v) is 17.0. The number of likely N-dealkylation sites (N-methyl/N-ethyl adjacent to an activating group) is 1. The van der Waals surface area contributed by atoms with Gasteiger partial charge in [0.05, 0.1) is 19.8 Å². The number of aliphatic hydroxyl groups excluding tert-OH is 1. The lowest BCUT2D eigenvalue weighted by Gasteiger charge is -2.30. The van der Waals surface area contributed by atoms with Gasteiger partial charge < -0.3 is 24.4 Å². The summed E-state index contributed by atoms with van der Waals surface area (Å²) >= 11 is 0. The highest BCUT2D eigenvalue weighted by Crippen LogP contribution is 2.24. The monoisotopic (exact) mass is 366 g/mol. The van der Waals surface area contributed by atoms with Crippen molar-refractivity contribution in [3.63, 3.8) is 0 Å². The van der Waals surface area contributed by atoms with E-state index >= 15 is 0 Å². The van der Waals surface area contributed by atoms with E-state index in [0.717, 1.165) is 25.4 Å². The highest BCUT2D eigenvalue weighted by molar-refractivity contribution is 5.31. The summed E-state index contributed by atoms with van der Waals surface area (Å²) < 4.78 is 11.3. The third-order valence-corrected chi connectivity index (χ3v) is 5.22. The van der Waals surface area contributed by atoms with E-state index in [2.05, 4.69) is 39.8 Å². The van der Waals surface area contributed by atoms with Crippen molar-refractivity contribution >= 4 is 0 Å². The normalized spacial score (nSPS) is 22.2. The van der Waals surface area contributed by atoms with Crippen molar-refractivity contribution in [2.75, 3.05) is 59.1 Å². The van der Waals surface area contributed by atoms with Crippen LogP contribution in [-0.4, -0.2) is 70.3 Å². The number of rotatable bonds is 9. The number of benzene rings is 1. The molecule has 1 heterocycles. The second kappa shape index (κ2) is 10.3. The molecule has 0 saturated carbocycles. The zero-order valence-electron chi connectivity index (χ0n) is 17.0.